The normalized spacial score (nSPS) is 10.8. The van der Waals surface area contributed by atoms with Gasteiger partial charge in [0.2, 0.25) is 0 Å². The fourth-order valence-corrected chi connectivity index (χ4v) is 3.27. The Hall–Kier alpha value is -2.67. The smallest absolute Gasteiger partial charge is 0.282 e. The molecule has 1 aromatic carbocycles. The van der Waals surface area contributed by atoms with Crippen molar-refractivity contribution in [2.24, 2.45) is 0 Å². The predicted molar refractivity (Wildman–Crippen MR) is 94.1 cm³/mol. The van der Waals surface area contributed by atoms with Crippen LogP contribution in [0.15, 0.2) is 34.4 Å². The van der Waals surface area contributed by atoms with Crippen LogP contribution < -0.4 is 15.6 Å². The van der Waals surface area contributed by atoms with Crippen molar-refractivity contribution in [1.29, 1.82) is 0 Å². The van der Waals surface area contributed by atoms with Crippen molar-refractivity contribution < 1.29 is 9.53 Å². The second-order valence-electron chi connectivity index (χ2n) is 5.47. The summed E-state index contributed by atoms with van der Waals surface area (Å²) in [4.78, 5) is 29.7. The van der Waals surface area contributed by atoms with Crippen molar-refractivity contribution in [3.63, 3.8) is 0 Å². The van der Waals surface area contributed by atoms with E-state index < -0.39 is 5.91 Å². The molecule has 0 atom stereocenters. The highest BCUT2D eigenvalue weighted by atomic mass is 32.1. The van der Waals surface area contributed by atoms with E-state index in [0.29, 0.717) is 16.4 Å². The summed E-state index contributed by atoms with van der Waals surface area (Å²) >= 11 is 1.39. The topological polar surface area (TPSA) is 72.7 Å². The largest absolute Gasteiger partial charge is 0.483 e. The first-order valence-electron chi connectivity index (χ1n) is 7.43. The number of nitrogens with one attached hydrogen (secondary N) is 1. The average molecular weight is 343 g/mol. The maximum Gasteiger partial charge on any atom is 0.282 e. The SMILES string of the molecule is Cc1ccccc1OCC(=O)Nc1c(C)nc2scc(C)n2c1=O. The molecule has 0 spiro atoms. The summed E-state index contributed by atoms with van der Waals surface area (Å²) in [7, 11) is 0. The van der Waals surface area contributed by atoms with Crippen LogP contribution in [0.3, 0.4) is 0 Å². The highest BCUT2D eigenvalue weighted by Gasteiger charge is 2.15. The Kier molecular flexibility index (Phi) is 4.35. The van der Waals surface area contributed by atoms with Crippen LogP contribution in [0.2, 0.25) is 0 Å². The Morgan fingerprint density at radius 2 is 2.04 bits per heavy atom. The molecule has 0 saturated carbocycles. The molecular weight excluding hydrogens is 326 g/mol. The number of thiazole rings is 1. The van der Waals surface area contributed by atoms with Gasteiger partial charge in [-0.3, -0.25) is 14.0 Å². The highest BCUT2D eigenvalue weighted by molar-refractivity contribution is 7.15. The quantitative estimate of drug-likeness (QED) is 0.790. The van der Waals surface area contributed by atoms with Crippen molar-refractivity contribution in [3.05, 3.63) is 57.0 Å². The maximum absolute atomic E-state index is 12.6. The van der Waals surface area contributed by atoms with E-state index in [1.165, 1.54) is 15.7 Å². The van der Waals surface area contributed by atoms with Crippen LogP contribution in [-0.2, 0) is 4.79 Å². The predicted octanol–water partition coefficient (Wildman–Crippen LogP) is 2.70. The lowest BCUT2D eigenvalue weighted by atomic mass is 10.2. The minimum atomic E-state index is -0.395. The first-order chi connectivity index (χ1) is 11.5. The van der Waals surface area contributed by atoms with E-state index in [1.807, 2.05) is 37.4 Å². The molecule has 3 rings (SSSR count). The van der Waals surface area contributed by atoms with E-state index >= 15 is 0 Å². The lowest BCUT2D eigenvalue weighted by molar-refractivity contribution is -0.118. The minimum Gasteiger partial charge on any atom is -0.483 e. The van der Waals surface area contributed by atoms with Gasteiger partial charge >= 0.3 is 0 Å². The maximum atomic E-state index is 12.6. The van der Waals surface area contributed by atoms with Gasteiger partial charge in [-0.05, 0) is 32.4 Å². The summed E-state index contributed by atoms with van der Waals surface area (Å²) in [5.74, 6) is 0.247. The van der Waals surface area contributed by atoms with Crippen LogP contribution in [0.1, 0.15) is 17.0 Å². The van der Waals surface area contributed by atoms with Gasteiger partial charge in [0, 0.05) is 11.1 Å². The Bertz CT molecular complexity index is 975. The van der Waals surface area contributed by atoms with Gasteiger partial charge in [-0.15, -0.1) is 11.3 Å². The van der Waals surface area contributed by atoms with E-state index in [2.05, 4.69) is 10.3 Å². The third kappa shape index (κ3) is 3.03. The van der Waals surface area contributed by atoms with Gasteiger partial charge < -0.3 is 10.1 Å². The molecule has 0 aliphatic heterocycles. The fourth-order valence-electron chi connectivity index (χ4n) is 2.36. The zero-order chi connectivity index (χ0) is 17.3. The van der Waals surface area contributed by atoms with E-state index in [9.17, 15) is 9.59 Å². The van der Waals surface area contributed by atoms with Crippen molar-refractivity contribution in [2.75, 3.05) is 11.9 Å². The van der Waals surface area contributed by atoms with Gasteiger partial charge in [-0.2, -0.15) is 0 Å². The number of nitrogens with zero attached hydrogens (tertiary/aromatic N) is 2. The first-order valence-corrected chi connectivity index (χ1v) is 8.31. The van der Waals surface area contributed by atoms with Crippen LogP contribution in [0.25, 0.3) is 4.96 Å². The average Bonchev–Trinajstić information content (AvgIpc) is 2.91. The number of para-hydroxylation sites is 1. The van der Waals surface area contributed by atoms with Gasteiger partial charge in [0.15, 0.2) is 11.6 Å². The molecule has 0 fully saturated rings. The fraction of sp³-hybridized carbons (Fsp3) is 0.235. The van der Waals surface area contributed by atoms with Crippen molar-refractivity contribution in [3.8, 4) is 5.75 Å². The van der Waals surface area contributed by atoms with E-state index in [1.54, 1.807) is 13.0 Å². The molecule has 0 aliphatic carbocycles. The first kappa shape index (κ1) is 16.2. The number of benzene rings is 1. The molecule has 24 heavy (non-hydrogen) atoms. The monoisotopic (exact) mass is 343 g/mol. The van der Waals surface area contributed by atoms with Gasteiger partial charge in [0.25, 0.3) is 11.5 Å². The van der Waals surface area contributed by atoms with Crippen LogP contribution in [-0.4, -0.2) is 21.9 Å². The van der Waals surface area contributed by atoms with Crippen molar-refractivity contribution in [2.45, 2.75) is 20.8 Å². The number of carbonyl (C=O) groups is 1. The minimum absolute atomic E-state index is 0.172. The number of aryl methyl sites for hydroxylation is 3. The number of ether oxygens (including phenoxy) is 1. The number of carbonyl (C=O) groups excluding carboxylic acids is 1. The second kappa shape index (κ2) is 6.45. The standard InChI is InChI=1S/C17H17N3O3S/c1-10-6-4-5-7-13(10)23-8-14(21)19-15-12(3)18-17-20(16(15)22)11(2)9-24-17/h4-7,9H,8H2,1-3H3,(H,19,21). The number of anilines is 1. The van der Waals surface area contributed by atoms with Crippen molar-refractivity contribution >= 4 is 27.9 Å². The van der Waals surface area contributed by atoms with Gasteiger partial charge in [-0.1, -0.05) is 18.2 Å². The lowest BCUT2D eigenvalue weighted by Crippen LogP contribution is -2.28. The molecule has 124 valence electrons. The molecule has 1 amide bonds. The molecule has 0 unspecified atom stereocenters. The van der Waals surface area contributed by atoms with E-state index in [4.69, 9.17) is 4.74 Å². The van der Waals surface area contributed by atoms with Crippen LogP contribution in [0.4, 0.5) is 5.69 Å². The summed E-state index contributed by atoms with van der Waals surface area (Å²) < 4.78 is 7.00. The number of aromatic nitrogens is 2. The van der Waals surface area contributed by atoms with Crippen LogP contribution in [0.5, 0.6) is 5.75 Å². The van der Waals surface area contributed by atoms with Crippen LogP contribution >= 0.6 is 11.3 Å². The second-order valence-corrected chi connectivity index (χ2v) is 6.31. The zero-order valence-corrected chi connectivity index (χ0v) is 14.4. The molecule has 0 aliphatic rings. The Morgan fingerprint density at radius 3 is 2.79 bits per heavy atom. The molecule has 0 saturated heterocycles. The summed E-state index contributed by atoms with van der Waals surface area (Å²) in [6, 6.07) is 7.44. The van der Waals surface area contributed by atoms with E-state index in [0.717, 1.165) is 11.3 Å². The van der Waals surface area contributed by atoms with Crippen LogP contribution in [0, 0.1) is 20.8 Å². The molecule has 1 N–H and O–H groups in total. The number of hydrogen-bond acceptors (Lipinski definition) is 5. The third-order valence-corrected chi connectivity index (χ3v) is 4.58. The van der Waals surface area contributed by atoms with Crippen molar-refractivity contribution in [1.82, 2.24) is 9.38 Å². The van der Waals surface area contributed by atoms with Gasteiger partial charge in [-0.25, -0.2) is 4.98 Å². The Balaban J connectivity index is 1.79. The molecule has 2 aromatic heterocycles. The molecule has 3 aromatic rings. The molecule has 7 heteroatoms. The zero-order valence-electron chi connectivity index (χ0n) is 13.6. The number of hydrogen-bond donors (Lipinski definition) is 1. The Morgan fingerprint density at radius 1 is 1.29 bits per heavy atom. The summed E-state index contributed by atoms with van der Waals surface area (Å²) in [5.41, 5.74) is 2.14. The summed E-state index contributed by atoms with van der Waals surface area (Å²) in [5, 5.41) is 4.48. The number of amides is 1. The van der Waals surface area contributed by atoms with Gasteiger partial charge in [0.1, 0.15) is 11.4 Å². The molecule has 0 radical (unpaired) electrons. The molecule has 2 heterocycles. The highest BCUT2D eigenvalue weighted by Crippen LogP contribution is 2.17. The number of fused-ring (bicyclic) bond motifs is 1. The van der Waals surface area contributed by atoms with E-state index in [-0.39, 0.29) is 17.9 Å². The summed E-state index contributed by atoms with van der Waals surface area (Å²) in [6.45, 7) is 5.26. The molecule has 6 nitrogen and oxygen atoms in total. The van der Waals surface area contributed by atoms with Gasteiger partial charge in [0.05, 0.1) is 5.69 Å². The number of rotatable bonds is 4. The Labute approximate surface area is 142 Å². The molecule has 0 bridgehead atoms. The molecular formula is C17H17N3O3S. The summed E-state index contributed by atoms with van der Waals surface area (Å²) in [6.07, 6.45) is 0. The lowest BCUT2D eigenvalue weighted by Gasteiger charge is -2.10. The third-order valence-electron chi connectivity index (χ3n) is 3.64.